The summed E-state index contributed by atoms with van der Waals surface area (Å²) in [4.78, 5) is 42.0. The number of sulfonamides is 1. The number of pyridine rings is 1. The minimum absolute atomic E-state index is 0.0712. The van der Waals surface area contributed by atoms with E-state index in [2.05, 4.69) is 10.3 Å². The molecule has 3 N–H and O–H groups in total. The highest BCUT2D eigenvalue weighted by atomic mass is 32.2. The number of ketones is 1. The number of nitrogens with zero attached hydrogens (tertiary/aromatic N) is 1. The molecule has 0 spiro atoms. The zero-order valence-corrected chi connectivity index (χ0v) is 17.4. The van der Waals surface area contributed by atoms with Crippen LogP contribution in [0.25, 0.3) is 6.08 Å². The lowest BCUT2D eigenvalue weighted by molar-refractivity contribution is -0.136. The van der Waals surface area contributed by atoms with Crippen molar-refractivity contribution >= 4 is 39.4 Å². The van der Waals surface area contributed by atoms with E-state index in [1.54, 1.807) is 36.5 Å². The van der Waals surface area contributed by atoms with Gasteiger partial charge in [-0.1, -0.05) is 24.3 Å². The monoisotopic (exact) mass is 450 g/mol. The van der Waals surface area contributed by atoms with Crippen LogP contribution in [0.4, 0.5) is 5.69 Å². The number of rotatable bonds is 7. The maximum absolute atomic E-state index is 12.2. The predicted molar refractivity (Wildman–Crippen MR) is 118 cm³/mol. The Morgan fingerprint density at radius 3 is 2.16 bits per heavy atom. The van der Waals surface area contributed by atoms with E-state index in [4.69, 9.17) is 0 Å². The Hall–Kier alpha value is -4.15. The molecule has 0 fully saturated rings. The maximum atomic E-state index is 12.2. The molecule has 0 unspecified atom stereocenters. The number of carbonyl (C=O) groups is 3. The van der Waals surface area contributed by atoms with Crippen molar-refractivity contribution < 1.29 is 22.8 Å². The number of carbonyl (C=O) groups excluding carboxylic acids is 3. The van der Waals surface area contributed by atoms with Gasteiger partial charge < -0.3 is 5.32 Å². The first-order valence-electron chi connectivity index (χ1n) is 9.27. The fourth-order valence-corrected chi connectivity index (χ4v) is 3.33. The standard InChI is InChI=1S/C22H18N4O5S/c27-20(14-13-17-6-4-5-15-23-17)16-9-11-18(12-10-16)24-21(28)22(29)25-26-32(30,31)19-7-2-1-3-8-19/h1-15,26H,(H,24,28)(H,25,29). The fraction of sp³-hybridized carbons (Fsp3) is 0. The van der Waals surface area contributed by atoms with Crippen molar-refractivity contribution in [2.24, 2.45) is 0 Å². The summed E-state index contributed by atoms with van der Waals surface area (Å²) in [7, 11) is -4.01. The van der Waals surface area contributed by atoms with E-state index in [0.29, 0.717) is 11.3 Å². The molecule has 2 aromatic carbocycles. The van der Waals surface area contributed by atoms with E-state index in [9.17, 15) is 22.8 Å². The molecule has 1 aromatic heterocycles. The van der Waals surface area contributed by atoms with Crippen LogP contribution < -0.4 is 15.6 Å². The third-order valence-electron chi connectivity index (χ3n) is 4.08. The lowest BCUT2D eigenvalue weighted by Gasteiger charge is -2.09. The third kappa shape index (κ3) is 6.17. The van der Waals surface area contributed by atoms with E-state index in [-0.39, 0.29) is 16.4 Å². The normalized spacial score (nSPS) is 11.1. The second kappa shape index (κ2) is 10.2. The van der Waals surface area contributed by atoms with Crippen LogP contribution in [0.2, 0.25) is 0 Å². The Labute approximate surface area is 184 Å². The molecule has 0 aliphatic heterocycles. The lowest BCUT2D eigenvalue weighted by Crippen LogP contribution is -2.46. The number of nitrogens with one attached hydrogen (secondary N) is 3. The van der Waals surface area contributed by atoms with E-state index in [1.165, 1.54) is 54.6 Å². The van der Waals surface area contributed by atoms with Crippen LogP contribution in [0.3, 0.4) is 0 Å². The second-order valence-electron chi connectivity index (χ2n) is 6.36. The highest BCUT2D eigenvalue weighted by Crippen LogP contribution is 2.11. The molecule has 1 heterocycles. The number of hydrogen-bond acceptors (Lipinski definition) is 6. The minimum Gasteiger partial charge on any atom is -0.318 e. The topological polar surface area (TPSA) is 134 Å². The first-order chi connectivity index (χ1) is 15.3. The van der Waals surface area contributed by atoms with E-state index < -0.39 is 21.8 Å². The van der Waals surface area contributed by atoms with Crippen molar-refractivity contribution in [3.8, 4) is 0 Å². The quantitative estimate of drug-likeness (QED) is 0.218. The van der Waals surface area contributed by atoms with Crippen LogP contribution in [-0.2, 0) is 19.6 Å². The van der Waals surface area contributed by atoms with Gasteiger partial charge in [-0.25, -0.2) is 8.42 Å². The fourth-order valence-electron chi connectivity index (χ4n) is 2.47. The van der Waals surface area contributed by atoms with Crippen LogP contribution in [-0.4, -0.2) is 31.0 Å². The van der Waals surface area contributed by atoms with Crippen LogP contribution in [0.1, 0.15) is 16.1 Å². The SMILES string of the molecule is O=C(NNS(=O)(=O)c1ccccc1)C(=O)Nc1ccc(C(=O)C=Cc2ccccn2)cc1. The smallest absolute Gasteiger partial charge is 0.318 e. The van der Waals surface area contributed by atoms with Gasteiger partial charge in [0.1, 0.15) is 0 Å². The third-order valence-corrected chi connectivity index (χ3v) is 5.34. The molecule has 9 nitrogen and oxygen atoms in total. The Morgan fingerprint density at radius 2 is 1.50 bits per heavy atom. The first-order valence-corrected chi connectivity index (χ1v) is 10.8. The average molecular weight is 450 g/mol. The molecule has 32 heavy (non-hydrogen) atoms. The summed E-state index contributed by atoms with van der Waals surface area (Å²) >= 11 is 0. The minimum atomic E-state index is -4.01. The molecule has 10 heteroatoms. The van der Waals surface area contributed by atoms with Crippen molar-refractivity contribution in [1.29, 1.82) is 0 Å². The van der Waals surface area contributed by atoms with Gasteiger partial charge in [-0.05, 0) is 60.7 Å². The highest BCUT2D eigenvalue weighted by Gasteiger charge is 2.18. The highest BCUT2D eigenvalue weighted by molar-refractivity contribution is 7.89. The molecular weight excluding hydrogens is 432 g/mol. The number of hydrogen-bond donors (Lipinski definition) is 3. The molecule has 0 saturated heterocycles. The summed E-state index contributed by atoms with van der Waals surface area (Å²) < 4.78 is 24.1. The molecule has 0 radical (unpaired) electrons. The molecule has 0 aliphatic carbocycles. The van der Waals surface area contributed by atoms with Crippen molar-refractivity contribution in [3.63, 3.8) is 0 Å². The molecular formula is C22H18N4O5S. The largest absolute Gasteiger partial charge is 0.324 e. The second-order valence-corrected chi connectivity index (χ2v) is 8.04. The van der Waals surface area contributed by atoms with Gasteiger partial charge in [0.05, 0.1) is 10.6 Å². The summed E-state index contributed by atoms with van der Waals surface area (Å²) in [6.45, 7) is 0. The zero-order chi connectivity index (χ0) is 23.0. The van der Waals surface area contributed by atoms with Gasteiger partial charge in [0.15, 0.2) is 5.78 Å². The summed E-state index contributed by atoms with van der Waals surface area (Å²) in [5, 5.41) is 2.32. The molecule has 0 aliphatic rings. The number of aromatic nitrogens is 1. The Bertz CT molecular complexity index is 1240. The average Bonchev–Trinajstić information content (AvgIpc) is 2.82. The van der Waals surface area contributed by atoms with E-state index in [0.717, 1.165) is 0 Å². The summed E-state index contributed by atoms with van der Waals surface area (Å²) in [6.07, 6.45) is 4.57. The zero-order valence-electron chi connectivity index (χ0n) is 16.6. The van der Waals surface area contributed by atoms with Gasteiger partial charge in [-0.2, -0.15) is 0 Å². The van der Waals surface area contributed by atoms with Crippen molar-refractivity contribution in [2.45, 2.75) is 4.90 Å². The van der Waals surface area contributed by atoms with E-state index >= 15 is 0 Å². The molecule has 162 valence electrons. The Kier molecular flexibility index (Phi) is 7.21. The number of anilines is 1. The molecule has 0 atom stereocenters. The summed E-state index contributed by atoms with van der Waals surface area (Å²) in [6, 6.07) is 18.5. The number of amides is 2. The molecule has 3 rings (SSSR count). The molecule has 0 bridgehead atoms. The van der Waals surface area contributed by atoms with Crippen LogP contribution in [0.15, 0.2) is 90.0 Å². The Morgan fingerprint density at radius 1 is 0.812 bits per heavy atom. The maximum Gasteiger partial charge on any atom is 0.324 e. The van der Waals surface area contributed by atoms with Gasteiger partial charge in [0.2, 0.25) is 0 Å². The molecule has 2 amide bonds. The predicted octanol–water partition coefficient (Wildman–Crippen LogP) is 1.93. The van der Waals surface area contributed by atoms with Gasteiger partial charge in [0.25, 0.3) is 10.0 Å². The van der Waals surface area contributed by atoms with Gasteiger partial charge >= 0.3 is 11.8 Å². The lowest BCUT2D eigenvalue weighted by atomic mass is 10.1. The molecule has 3 aromatic rings. The summed E-state index contributed by atoms with van der Waals surface area (Å²) in [5.41, 5.74) is 3.10. The number of hydrazine groups is 1. The van der Waals surface area contributed by atoms with Gasteiger partial charge in [-0.15, -0.1) is 4.83 Å². The van der Waals surface area contributed by atoms with Crippen molar-refractivity contribution in [3.05, 3.63) is 96.3 Å². The van der Waals surface area contributed by atoms with Crippen LogP contribution >= 0.6 is 0 Å². The Balaban J connectivity index is 1.54. The first kappa shape index (κ1) is 22.5. The number of benzene rings is 2. The van der Waals surface area contributed by atoms with Gasteiger partial charge in [0, 0.05) is 17.4 Å². The molecule has 0 saturated carbocycles. The summed E-state index contributed by atoms with van der Waals surface area (Å²) in [5.74, 6) is -2.56. The van der Waals surface area contributed by atoms with Crippen molar-refractivity contribution in [1.82, 2.24) is 15.2 Å². The van der Waals surface area contributed by atoms with Crippen LogP contribution in [0.5, 0.6) is 0 Å². The van der Waals surface area contributed by atoms with E-state index in [1.807, 2.05) is 10.3 Å². The van der Waals surface area contributed by atoms with Gasteiger partial charge in [-0.3, -0.25) is 24.8 Å². The number of allylic oxidation sites excluding steroid dienone is 1. The van der Waals surface area contributed by atoms with Crippen molar-refractivity contribution in [2.75, 3.05) is 5.32 Å². The van der Waals surface area contributed by atoms with Crippen LogP contribution in [0, 0.1) is 0 Å².